The molecule has 1 aromatic heterocycles. The van der Waals surface area contributed by atoms with Gasteiger partial charge in [-0.05, 0) is 43.5 Å². The second-order valence-electron chi connectivity index (χ2n) is 6.61. The van der Waals surface area contributed by atoms with Crippen LogP contribution in [-0.4, -0.2) is 33.8 Å². The molecular weight excluding hydrogens is 336 g/mol. The molecule has 1 heterocycles. The molecule has 3 rings (SSSR count). The van der Waals surface area contributed by atoms with Gasteiger partial charge in [-0.3, -0.25) is 0 Å². The molecule has 27 heavy (non-hydrogen) atoms. The predicted molar refractivity (Wildman–Crippen MR) is 108 cm³/mol. The zero-order chi connectivity index (χ0) is 19.1. The highest BCUT2D eigenvalue weighted by Crippen LogP contribution is 2.09. The van der Waals surface area contributed by atoms with E-state index in [4.69, 9.17) is 0 Å². The zero-order valence-electron chi connectivity index (χ0n) is 15.9. The molecule has 0 bridgehead atoms. The Bertz CT molecular complexity index is 873. The molecule has 0 aliphatic carbocycles. The molecule has 0 saturated heterocycles. The number of nitrogens with zero attached hydrogens (tertiary/aromatic N) is 3. The van der Waals surface area contributed by atoms with Crippen LogP contribution >= 0.6 is 0 Å². The van der Waals surface area contributed by atoms with Crippen molar-refractivity contribution in [2.24, 2.45) is 0 Å². The van der Waals surface area contributed by atoms with Gasteiger partial charge in [0, 0.05) is 25.8 Å². The predicted octanol–water partition coefficient (Wildman–Crippen LogP) is 3.95. The highest BCUT2D eigenvalue weighted by atomic mass is 16.2. The van der Waals surface area contributed by atoms with Gasteiger partial charge in [0.05, 0.1) is 11.9 Å². The van der Waals surface area contributed by atoms with Crippen LogP contribution in [0.15, 0.2) is 67.0 Å². The fourth-order valence-corrected chi connectivity index (χ4v) is 2.99. The lowest BCUT2D eigenvalue weighted by Gasteiger charge is -2.21. The van der Waals surface area contributed by atoms with Gasteiger partial charge >= 0.3 is 6.03 Å². The molecular formula is C22H26N4O. The third-order valence-electron chi connectivity index (χ3n) is 4.47. The van der Waals surface area contributed by atoms with E-state index in [1.54, 1.807) is 0 Å². The molecule has 2 amide bonds. The zero-order valence-corrected chi connectivity index (χ0v) is 15.9. The molecule has 5 nitrogen and oxygen atoms in total. The van der Waals surface area contributed by atoms with E-state index in [1.165, 1.54) is 5.56 Å². The summed E-state index contributed by atoms with van der Waals surface area (Å²) in [7, 11) is 0. The third kappa shape index (κ3) is 5.20. The molecule has 0 aliphatic heterocycles. The van der Waals surface area contributed by atoms with Crippen LogP contribution in [0.3, 0.4) is 0 Å². The average Bonchev–Trinajstić information content (AvgIpc) is 3.16. The fourth-order valence-electron chi connectivity index (χ4n) is 2.99. The first-order valence-corrected chi connectivity index (χ1v) is 9.33. The molecule has 0 fully saturated rings. The van der Waals surface area contributed by atoms with Crippen molar-refractivity contribution < 1.29 is 4.79 Å². The number of aromatic nitrogens is 2. The van der Waals surface area contributed by atoms with E-state index in [0.717, 1.165) is 23.2 Å². The summed E-state index contributed by atoms with van der Waals surface area (Å²) < 4.78 is 1.85. The SMILES string of the molecule is CCN(Cc1cccc(C)c1)C(=O)NCCc1cnn(-c2ccccc2)c1. The topological polar surface area (TPSA) is 50.2 Å². The van der Waals surface area contributed by atoms with Crippen molar-refractivity contribution in [1.29, 1.82) is 0 Å². The summed E-state index contributed by atoms with van der Waals surface area (Å²) in [5.74, 6) is 0. The first-order chi connectivity index (χ1) is 13.2. The van der Waals surface area contributed by atoms with Gasteiger partial charge in [-0.25, -0.2) is 9.48 Å². The summed E-state index contributed by atoms with van der Waals surface area (Å²) in [6.45, 7) is 5.94. The highest BCUT2D eigenvalue weighted by Gasteiger charge is 2.11. The van der Waals surface area contributed by atoms with Crippen molar-refractivity contribution >= 4 is 6.03 Å². The minimum absolute atomic E-state index is 0.0329. The molecule has 0 unspecified atom stereocenters. The lowest BCUT2D eigenvalue weighted by molar-refractivity contribution is 0.198. The van der Waals surface area contributed by atoms with Gasteiger partial charge in [-0.1, -0.05) is 48.0 Å². The van der Waals surface area contributed by atoms with Gasteiger partial charge in [0.2, 0.25) is 0 Å². The van der Waals surface area contributed by atoms with E-state index in [2.05, 4.69) is 35.5 Å². The van der Waals surface area contributed by atoms with Crippen LogP contribution in [0.5, 0.6) is 0 Å². The summed E-state index contributed by atoms with van der Waals surface area (Å²) in [5, 5.41) is 7.41. The third-order valence-corrected chi connectivity index (χ3v) is 4.47. The largest absolute Gasteiger partial charge is 0.338 e. The van der Waals surface area contributed by atoms with Gasteiger partial charge in [-0.15, -0.1) is 0 Å². The van der Waals surface area contributed by atoms with Gasteiger partial charge in [0.1, 0.15) is 0 Å². The Morgan fingerprint density at radius 3 is 2.67 bits per heavy atom. The monoisotopic (exact) mass is 362 g/mol. The molecule has 0 radical (unpaired) electrons. The number of carbonyl (C=O) groups excluding carboxylic acids is 1. The Morgan fingerprint density at radius 1 is 1.11 bits per heavy atom. The van der Waals surface area contributed by atoms with Crippen LogP contribution in [-0.2, 0) is 13.0 Å². The molecule has 3 aromatic rings. The Morgan fingerprint density at radius 2 is 1.93 bits per heavy atom. The van der Waals surface area contributed by atoms with Crippen molar-refractivity contribution in [3.63, 3.8) is 0 Å². The number of hydrogen-bond donors (Lipinski definition) is 1. The van der Waals surface area contributed by atoms with Gasteiger partial charge in [0.15, 0.2) is 0 Å². The van der Waals surface area contributed by atoms with Gasteiger partial charge in [-0.2, -0.15) is 5.10 Å². The maximum absolute atomic E-state index is 12.5. The number of urea groups is 1. The molecule has 0 aliphatic rings. The second kappa shape index (κ2) is 9.03. The van der Waals surface area contributed by atoms with Crippen LogP contribution < -0.4 is 5.32 Å². The number of rotatable bonds is 7. The number of carbonyl (C=O) groups is 1. The first-order valence-electron chi connectivity index (χ1n) is 9.33. The Labute approximate surface area is 160 Å². The maximum atomic E-state index is 12.5. The lowest BCUT2D eigenvalue weighted by Crippen LogP contribution is -2.40. The summed E-state index contributed by atoms with van der Waals surface area (Å²) in [6, 6.07) is 18.2. The number of para-hydroxylation sites is 1. The van der Waals surface area contributed by atoms with E-state index >= 15 is 0 Å². The molecule has 0 atom stereocenters. The minimum Gasteiger partial charge on any atom is -0.338 e. The van der Waals surface area contributed by atoms with Crippen LogP contribution in [0.1, 0.15) is 23.6 Å². The number of nitrogens with one attached hydrogen (secondary N) is 1. The van der Waals surface area contributed by atoms with E-state index in [0.29, 0.717) is 19.6 Å². The van der Waals surface area contributed by atoms with Crippen molar-refractivity contribution in [3.8, 4) is 5.69 Å². The maximum Gasteiger partial charge on any atom is 0.317 e. The molecule has 2 aromatic carbocycles. The molecule has 0 saturated carbocycles. The minimum atomic E-state index is -0.0329. The second-order valence-corrected chi connectivity index (χ2v) is 6.61. The molecule has 1 N–H and O–H groups in total. The smallest absolute Gasteiger partial charge is 0.317 e. The lowest BCUT2D eigenvalue weighted by atomic mass is 10.1. The van der Waals surface area contributed by atoms with E-state index in [1.807, 2.05) is 65.3 Å². The van der Waals surface area contributed by atoms with E-state index < -0.39 is 0 Å². The highest BCUT2D eigenvalue weighted by molar-refractivity contribution is 5.74. The van der Waals surface area contributed by atoms with Crippen LogP contribution in [0.25, 0.3) is 5.69 Å². The Balaban J connectivity index is 1.50. The fraction of sp³-hybridized carbons (Fsp3) is 0.273. The van der Waals surface area contributed by atoms with Gasteiger partial charge < -0.3 is 10.2 Å². The van der Waals surface area contributed by atoms with Crippen molar-refractivity contribution in [3.05, 3.63) is 83.7 Å². The normalized spacial score (nSPS) is 10.6. The molecule has 140 valence electrons. The number of hydrogen-bond acceptors (Lipinski definition) is 2. The summed E-state index contributed by atoms with van der Waals surface area (Å²) >= 11 is 0. The van der Waals surface area contributed by atoms with Crippen LogP contribution in [0.4, 0.5) is 4.79 Å². The number of benzene rings is 2. The van der Waals surface area contributed by atoms with Gasteiger partial charge in [0.25, 0.3) is 0 Å². The summed E-state index contributed by atoms with van der Waals surface area (Å²) in [4.78, 5) is 14.3. The summed E-state index contributed by atoms with van der Waals surface area (Å²) in [6.07, 6.45) is 4.61. The molecule has 0 spiro atoms. The number of amides is 2. The standard InChI is InChI=1S/C22H26N4O/c1-3-25(16-19-9-7-8-18(2)14-19)22(27)23-13-12-20-15-24-26(17-20)21-10-5-4-6-11-21/h4-11,14-15,17H,3,12-13,16H2,1-2H3,(H,23,27). The summed E-state index contributed by atoms with van der Waals surface area (Å²) in [5.41, 5.74) is 4.49. The van der Waals surface area contributed by atoms with Crippen molar-refractivity contribution in [2.75, 3.05) is 13.1 Å². The van der Waals surface area contributed by atoms with E-state index in [-0.39, 0.29) is 6.03 Å². The number of aryl methyl sites for hydroxylation is 1. The molecule has 5 heteroatoms. The Hall–Kier alpha value is -3.08. The van der Waals surface area contributed by atoms with E-state index in [9.17, 15) is 4.79 Å². The first kappa shape index (κ1) is 18.7. The van der Waals surface area contributed by atoms with Crippen LogP contribution in [0, 0.1) is 6.92 Å². The Kier molecular flexibility index (Phi) is 6.26. The average molecular weight is 362 g/mol. The quantitative estimate of drug-likeness (QED) is 0.692. The van der Waals surface area contributed by atoms with Crippen molar-refractivity contribution in [1.82, 2.24) is 20.0 Å². The van der Waals surface area contributed by atoms with Crippen molar-refractivity contribution in [2.45, 2.75) is 26.8 Å². The van der Waals surface area contributed by atoms with Crippen LogP contribution in [0.2, 0.25) is 0 Å².